The van der Waals surface area contributed by atoms with Gasteiger partial charge in [-0.15, -0.1) is 0 Å². The van der Waals surface area contributed by atoms with Crippen LogP contribution in [0.15, 0.2) is 18.2 Å². The molecule has 1 aliphatic rings. The number of carbonyl (C=O) groups is 1. The van der Waals surface area contributed by atoms with Crippen molar-refractivity contribution in [2.75, 3.05) is 33.7 Å². The minimum absolute atomic E-state index is 0.392. The number of fused-ring (bicyclic) bond motifs is 1. The molecular formula is C14H20N2O2. The summed E-state index contributed by atoms with van der Waals surface area (Å²) in [6.45, 7) is 4.00. The van der Waals surface area contributed by atoms with Crippen LogP contribution in [0.3, 0.4) is 0 Å². The number of carboxylic acids is 1. The Hall–Kier alpha value is -1.39. The Morgan fingerprint density at radius 2 is 2.17 bits per heavy atom. The number of hydrogen-bond acceptors (Lipinski definition) is 3. The van der Waals surface area contributed by atoms with Crippen LogP contribution in [-0.4, -0.2) is 54.6 Å². The van der Waals surface area contributed by atoms with Crippen molar-refractivity contribution < 1.29 is 9.90 Å². The van der Waals surface area contributed by atoms with Crippen molar-refractivity contribution in [3.05, 3.63) is 34.9 Å². The van der Waals surface area contributed by atoms with Gasteiger partial charge in [-0.05, 0) is 43.8 Å². The molecule has 2 rings (SSSR count). The molecule has 1 heterocycles. The summed E-state index contributed by atoms with van der Waals surface area (Å²) in [7, 11) is 4.14. The van der Waals surface area contributed by atoms with Crippen molar-refractivity contribution in [3.63, 3.8) is 0 Å². The van der Waals surface area contributed by atoms with Gasteiger partial charge >= 0.3 is 5.97 Å². The second kappa shape index (κ2) is 5.50. The number of rotatable bonds is 4. The van der Waals surface area contributed by atoms with Crippen molar-refractivity contribution >= 4 is 5.97 Å². The van der Waals surface area contributed by atoms with Crippen molar-refractivity contribution in [1.82, 2.24) is 9.80 Å². The van der Waals surface area contributed by atoms with E-state index in [0.717, 1.165) is 32.6 Å². The lowest BCUT2D eigenvalue weighted by Gasteiger charge is -2.29. The first-order valence-corrected chi connectivity index (χ1v) is 6.28. The predicted octanol–water partition coefficient (Wildman–Crippen LogP) is 1.30. The molecule has 0 saturated heterocycles. The van der Waals surface area contributed by atoms with E-state index in [0.29, 0.717) is 5.56 Å². The molecule has 0 radical (unpaired) electrons. The minimum atomic E-state index is -0.844. The van der Waals surface area contributed by atoms with Crippen LogP contribution in [0.5, 0.6) is 0 Å². The summed E-state index contributed by atoms with van der Waals surface area (Å²) in [5.41, 5.74) is 2.85. The highest BCUT2D eigenvalue weighted by Gasteiger charge is 2.17. The van der Waals surface area contributed by atoms with E-state index < -0.39 is 5.97 Å². The lowest BCUT2D eigenvalue weighted by Crippen LogP contribution is -2.35. The van der Waals surface area contributed by atoms with E-state index in [9.17, 15) is 4.79 Å². The number of carboxylic acid groups (broad SMARTS) is 1. The summed E-state index contributed by atoms with van der Waals surface area (Å²) >= 11 is 0. The fourth-order valence-corrected chi connectivity index (χ4v) is 2.28. The lowest BCUT2D eigenvalue weighted by atomic mass is 9.97. The maximum atomic E-state index is 11.0. The Balaban J connectivity index is 2.07. The number of nitrogens with zero attached hydrogens (tertiary/aromatic N) is 2. The van der Waals surface area contributed by atoms with E-state index in [1.165, 1.54) is 11.1 Å². The van der Waals surface area contributed by atoms with Crippen molar-refractivity contribution in [2.24, 2.45) is 0 Å². The van der Waals surface area contributed by atoms with E-state index in [2.05, 4.69) is 23.9 Å². The molecule has 4 nitrogen and oxygen atoms in total. The Labute approximate surface area is 108 Å². The number of hydrogen-bond donors (Lipinski definition) is 1. The van der Waals surface area contributed by atoms with Crippen LogP contribution in [-0.2, 0) is 13.0 Å². The zero-order valence-corrected chi connectivity index (χ0v) is 11.0. The average molecular weight is 248 g/mol. The Morgan fingerprint density at radius 1 is 1.39 bits per heavy atom. The summed E-state index contributed by atoms with van der Waals surface area (Å²) in [5, 5.41) is 9.01. The van der Waals surface area contributed by atoms with E-state index in [1.54, 1.807) is 6.07 Å². The van der Waals surface area contributed by atoms with Gasteiger partial charge in [0.2, 0.25) is 0 Å². The quantitative estimate of drug-likeness (QED) is 0.872. The Bertz CT molecular complexity index is 443. The molecule has 18 heavy (non-hydrogen) atoms. The SMILES string of the molecule is CN(C)CCN1CCc2ccc(C(=O)O)cc2C1. The van der Waals surface area contributed by atoms with E-state index in [1.807, 2.05) is 12.1 Å². The van der Waals surface area contributed by atoms with Gasteiger partial charge in [0.05, 0.1) is 5.56 Å². The molecule has 1 aliphatic heterocycles. The molecule has 0 fully saturated rings. The fraction of sp³-hybridized carbons (Fsp3) is 0.500. The molecule has 1 aromatic carbocycles. The van der Waals surface area contributed by atoms with Gasteiger partial charge in [-0.2, -0.15) is 0 Å². The lowest BCUT2D eigenvalue weighted by molar-refractivity contribution is 0.0696. The first-order valence-electron chi connectivity index (χ1n) is 6.28. The van der Waals surface area contributed by atoms with Gasteiger partial charge in [-0.25, -0.2) is 4.79 Å². The van der Waals surface area contributed by atoms with Gasteiger partial charge in [-0.3, -0.25) is 4.90 Å². The first kappa shape index (κ1) is 13.1. The topological polar surface area (TPSA) is 43.8 Å². The van der Waals surface area contributed by atoms with E-state index >= 15 is 0 Å². The molecule has 0 atom stereocenters. The maximum absolute atomic E-state index is 11.0. The van der Waals surface area contributed by atoms with Gasteiger partial charge in [-0.1, -0.05) is 6.07 Å². The molecule has 98 valence electrons. The summed E-state index contributed by atoms with van der Waals surface area (Å²) in [5.74, 6) is -0.844. The van der Waals surface area contributed by atoms with Crippen LogP contribution >= 0.6 is 0 Å². The van der Waals surface area contributed by atoms with Crippen molar-refractivity contribution in [1.29, 1.82) is 0 Å². The van der Waals surface area contributed by atoms with Gasteiger partial charge in [0, 0.05) is 26.2 Å². The molecule has 0 saturated carbocycles. The number of aromatic carboxylic acids is 1. The molecule has 1 N–H and O–H groups in total. The molecule has 4 heteroatoms. The van der Waals surface area contributed by atoms with Crippen molar-refractivity contribution in [3.8, 4) is 0 Å². The summed E-state index contributed by atoms with van der Waals surface area (Å²) in [6.07, 6.45) is 1.02. The molecule has 0 bridgehead atoms. The summed E-state index contributed by atoms with van der Waals surface area (Å²) < 4.78 is 0. The highest BCUT2D eigenvalue weighted by molar-refractivity contribution is 5.87. The summed E-state index contributed by atoms with van der Waals surface area (Å²) in [4.78, 5) is 15.5. The Kier molecular flexibility index (Phi) is 3.99. The molecule has 1 aromatic rings. The van der Waals surface area contributed by atoms with Crippen LogP contribution in [0, 0.1) is 0 Å². The average Bonchev–Trinajstić information content (AvgIpc) is 2.35. The minimum Gasteiger partial charge on any atom is -0.478 e. The molecule has 0 aromatic heterocycles. The molecule has 0 amide bonds. The third-order valence-electron chi connectivity index (χ3n) is 3.41. The third kappa shape index (κ3) is 3.09. The van der Waals surface area contributed by atoms with Crippen LogP contribution < -0.4 is 0 Å². The monoisotopic (exact) mass is 248 g/mol. The third-order valence-corrected chi connectivity index (χ3v) is 3.41. The molecular weight excluding hydrogens is 228 g/mol. The Morgan fingerprint density at radius 3 is 2.83 bits per heavy atom. The second-order valence-electron chi connectivity index (χ2n) is 5.12. The van der Waals surface area contributed by atoms with Gasteiger partial charge in [0.15, 0.2) is 0 Å². The first-order chi connectivity index (χ1) is 8.56. The largest absolute Gasteiger partial charge is 0.478 e. The van der Waals surface area contributed by atoms with Gasteiger partial charge in [0.1, 0.15) is 0 Å². The van der Waals surface area contributed by atoms with Crippen LogP contribution in [0.4, 0.5) is 0 Å². The van der Waals surface area contributed by atoms with Gasteiger partial charge < -0.3 is 10.0 Å². The highest BCUT2D eigenvalue weighted by Crippen LogP contribution is 2.20. The van der Waals surface area contributed by atoms with E-state index in [4.69, 9.17) is 5.11 Å². The maximum Gasteiger partial charge on any atom is 0.335 e. The van der Waals surface area contributed by atoms with Gasteiger partial charge in [0.25, 0.3) is 0 Å². The smallest absolute Gasteiger partial charge is 0.335 e. The second-order valence-corrected chi connectivity index (χ2v) is 5.12. The predicted molar refractivity (Wildman–Crippen MR) is 70.9 cm³/mol. The molecule has 0 spiro atoms. The van der Waals surface area contributed by atoms with Crippen LogP contribution in [0.1, 0.15) is 21.5 Å². The van der Waals surface area contributed by atoms with Crippen LogP contribution in [0.25, 0.3) is 0 Å². The molecule has 0 aliphatic carbocycles. The fourth-order valence-electron chi connectivity index (χ4n) is 2.28. The zero-order chi connectivity index (χ0) is 13.1. The highest BCUT2D eigenvalue weighted by atomic mass is 16.4. The molecule has 0 unspecified atom stereocenters. The van der Waals surface area contributed by atoms with Crippen molar-refractivity contribution in [2.45, 2.75) is 13.0 Å². The summed E-state index contributed by atoms with van der Waals surface area (Å²) in [6, 6.07) is 5.48. The number of likely N-dealkylation sites (N-methyl/N-ethyl adjacent to an activating group) is 1. The normalized spacial score (nSPS) is 15.7. The zero-order valence-electron chi connectivity index (χ0n) is 11.0. The number of benzene rings is 1. The van der Waals surface area contributed by atoms with Crippen LogP contribution in [0.2, 0.25) is 0 Å². The van der Waals surface area contributed by atoms with E-state index in [-0.39, 0.29) is 0 Å². The standard InChI is InChI=1S/C14H20N2O2/c1-15(2)7-8-16-6-5-11-3-4-12(14(17)18)9-13(11)10-16/h3-4,9H,5-8,10H2,1-2H3,(H,17,18).